The highest BCUT2D eigenvalue weighted by Crippen LogP contribution is 2.28. The maximum absolute atomic E-state index is 11.6. The fraction of sp³-hybridized carbons (Fsp3) is 0.154. The lowest BCUT2D eigenvalue weighted by Crippen LogP contribution is -2.28. The molecule has 0 aliphatic carbocycles. The average molecular weight is 460 g/mol. The number of para-hydroxylation sites is 1. The molecule has 3 aromatic carbocycles. The lowest BCUT2D eigenvalue weighted by molar-refractivity contribution is 0.0706. The first-order valence-corrected chi connectivity index (χ1v) is 11.5. The molecule has 4 rings (SSSR count). The largest absolute Gasteiger partial charge is 0.492 e. The van der Waals surface area contributed by atoms with Crippen LogP contribution in [0.5, 0.6) is 5.75 Å². The van der Waals surface area contributed by atoms with E-state index in [0.29, 0.717) is 25.3 Å². The molecule has 4 aromatic rings. The first kappa shape index (κ1) is 22.5. The Morgan fingerprint density at radius 2 is 1.76 bits per heavy atom. The highest BCUT2D eigenvalue weighted by molar-refractivity contribution is 7.14. The molecule has 0 unspecified atom stereocenters. The number of ether oxygens (including phenoxy) is 1. The molecule has 0 bridgehead atoms. The molecule has 2 N–H and O–H groups in total. The van der Waals surface area contributed by atoms with Gasteiger partial charge >= 0.3 is 0 Å². The number of nitrogens with zero attached hydrogens (tertiary/aromatic N) is 2. The second kappa shape index (κ2) is 10.8. The molecule has 0 fully saturated rings. The molecular weight excluding hydrogens is 434 g/mol. The molecule has 1 amide bonds. The third-order valence-corrected chi connectivity index (χ3v) is 6.08. The van der Waals surface area contributed by atoms with Gasteiger partial charge in [0.05, 0.1) is 12.2 Å². The van der Waals surface area contributed by atoms with Crippen molar-refractivity contribution in [1.82, 2.24) is 10.5 Å². The first-order valence-electron chi connectivity index (χ1n) is 10.6. The molecule has 168 valence electrons. The highest BCUT2D eigenvalue weighted by Gasteiger charge is 2.14. The molecule has 1 aromatic heterocycles. The summed E-state index contributed by atoms with van der Waals surface area (Å²) in [6.45, 7) is 3.84. The summed E-state index contributed by atoms with van der Waals surface area (Å²) >= 11 is 1.60. The third kappa shape index (κ3) is 5.97. The minimum Gasteiger partial charge on any atom is -0.492 e. The van der Waals surface area contributed by atoms with Gasteiger partial charge < -0.3 is 9.64 Å². The Kier molecular flexibility index (Phi) is 7.34. The summed E-state index contributed by atoms with van der Waals surface area (Å²) in [6, 6.07) is 25.2. The normalized spacial score (nSPS) is 10.6. The molecule has 0 saturated heterocycles. The van der Waals surface area contributed by atoms with Crippen LogP contribution in [0.3, 0.4) is 0 Å². The summed E-state index contributed by atoms with van der Waals surface area (Å²) in [4.78, 5) is 18.7. The van der Waals surface area contributed by atoms with Crippen LogP contribution >= 0.6 is 11.3 Å². The van der Waals surface area contributed by atoms with Crippen LogP contribution in [0.15, 0.2) is 84.2 Å². The second-order valence-corrected chi connectivity index (χ2v) is 8.44. The molecule has 7 heteroatoms. The Balaban J connectivity index is 1.51. The quantitative estimate of drug-likeness (QED) is 0.262. The van der Waals surface area contributed by atoms with Gasteiger partial charge in [0, 0.05) is 23.1 Å². The van der Waals surface area contributed by atoms with Crippen molar-refractivity contribution in [3.05, 3.63) is 101 Å². The van der Waals surface area contributed by atoms with Gasteiger partial charge in [0.2, 0.25) is 0 Å². The average Bonchev–Trinajstić information content (AvgIpc) is 3.35. The Labute approximate surface area is 197 Å². The van der Waals surface area contributed by atoms with Gasteiger partial charge in [0.1, 0.15) is 12.4 Å². The number of aromatic nitrogens is 1. The van der Waals surface area contributed by atoms with Crippen molar-refractivity contribution in [1.29, 1.82) is 0 Å². The van der Waals surface area contributed by atoms with E-state index in [1.54, 1.807) is 28.9 Å². The van der Waals surface area contributed by atoms with Gasteiger partial charge in [-0.2, -0.15) is 0 Å². The van der Waals surface area contributed by atoms with E-state index in [1.165, 1.54) is 5.56 Å². The predicted molar refractivity (Wildman–Crippen MR) is 131 cm³/mol. The standard InChI is InChI=1S/C26H25N3O3S/c1-19-7-11-21(12-8-19)24-18-33-26(27-24)29(15-16-32-23-5-3-2-4-6-23)17-20-9-13-22(14-10-20)25(30)28-31/h2-14,18,31H,15-17H2,1H3,(H,28,30). The summed E-state index contributed by atoms with van der Waals surface area (Å²) in [5, 5.41) is 11.8. The van der Waals surface area contributed by atoms with Crippen molar-refractivity contribution in [3.8, 4) is 17.0 Å². The van der Waals surface area contributed by atoms with Gasteiger partial charge in [0.25, 0.3) is 5.91 Å². The van der Waals surface area contributed by atoms with Crippen LogP contribution in [-0.2, 0) is 6.54 Å². The zero-order chi connectivity index (χ0) is 23.0. The van der Waals surface area contributed by atoms with Crippen LogP contribution in [0, 0.1) is 6.92 Å². The van der Waals surface area contributed by atoms with Gasteiger partial charge in [-0.1, -0.05) is 60.2 Å². The topological polar surface area (TPSA) is 74.7 Å². The maximum Gasteiger partial charge on any atom is 0.274 e. The summed E-state index contributed by atoms with van der Waals surface area (Å²) in [7, 11) is 0. The Bertz CT molecular complexity index is 1180. The van der Waals surface area contributed by atoms with E-state index in [0.717, 1.165) is 27.7 Å². The lowest BCUT2D eigenvalue weighted by atomic mass is 10.1. The number of anilines is 1. The Morgan fingerprint density at radius 3 is 2.45 bits per heavy atom. The number of carbonyl (C=O) groups excluding carboxylic acids is 1. The van der Waals surface area contributed by atoms with Crippen LogP contribution in [-0.4, -0.2) is 29.3 Å². The number of amides is 1. The van der Waals surface area contributed by atoms with Crippen molar-refractivity contribution >= 4 is 22.4 Å². The van der Waals surface area contributed by atoms with Gasteiger partial charge in [-0.25, -0.2) is 10.5 Å². The number of aryl methyl sites for hydroxylation is 1. The summed E-state index contributed by atoms with van der Waals surface area (Å²) < 4.78 is 5.92. The van der Waals surface area contributed by atoms with Crippen molar-refractivity contribution in [3.63, 3.8) is 0 Å². The number of hydrogen-bond acceptors (Lipinski definition) is 6. The van der Waals surface area contributed by atoms with E-state index < -0.39 is 5.91 Å². The fourth-order valence-corrected chi connectivity index (χ4v) is 4.21. The minimum atomic E-state index is -0.530. The van der Waals surface area contributed by atoms with E-state index in [1.807, 2.05) is 42.5 Å². The first-order chi connectivity index (χ1) is 16.1. The molecule has 0 atom stereocenters. The van der Waals surface area contributed by atoms with E-state index in [-0.39, 0.29) is 0 Å². The maximum atomic E-state index is 11.6. The van der Waals surface area contributed by atoms with Crippen molar-refractivity contribution in [2.24, 2.45) is 0 Å². The van der Waals surface area contributed by atoms with Crippen LogP contribution in [0.1, 0.15) is 21.5 Å². The molecule has 0 spiro atoms. The van der Waals surface area contributed by atoms with Crippen molar-refractivity contribution in [2.45, 2.75) is 13.5 Å². The summed E-state index contributed by atoms with van der Waals surface area (Å²) in [5.41, 5.74) is 6.33. The zero-order valence-electron chi connectivity index (χ0n) is 18.3. The van der Waals surface area contributed by atoms with E-state index in [4.69, 9.17) is 14.9 Å². The van der Waals surface area contributed by atoms with Crippen LogP contribution in [0.4, 0.5) is 5.13 Å². The summed E-state index contributed by atoms with van der Waals surface area (Å²) in [6.07, 6.45) is 0. The minimum absolute atomic E-state index is 0.399. The number of hydroxylamine groups is 1. The van der Waals surface area contributed by atoms with Crippen LogP contribution in [0.2, 0.25) is 0 Å². The number of rotatable bonds is 9. The van der Waals surface area contributed by atoms with Crippen molar-refractivity contribution < 1.29 is 14.7 Å². The number of carbonyl (C=O) groups is 1. The molecule has 0 aliphatic rings. The fourth-order valence-electron chi connectivity index (χ4n) is 3.35. The molecule has 0 aliphatic heterocycles. The zero-order valence-corrected chi connectivity index (χ0v) is 19.1. The predicted octanol–water partition coefficient (Wildman–Crippen LogP) is 5.32. The third-order valence-electron chi connectivity index (χ3n) is 5.17. The lowest BCUT2D eigenvalue weighted by Gasteiger charge is -2.22. The van der Waals surface area contributed by atoms with E-state index in [9.17, 15) is 4.79 Å². The van der Waals surface area contributed by atoms with Gasteiger partial charge in [-0.15, -0.1) is 11.3 Å². The van der Waals surface area contributed by atoms with Crippen LogP contribution < -0.4 is 15.1 Å². The number of hydrogen-bond donors (Lipinski definition) is 2. The second-order valence-electron chi connectivity index (χ2n) is 7.60. The van der Waals surface area contributed by atoms with Gasteiger partial charge in [-0.3, -0.25) is 10.0 Å². The van der Waals surface area contributed by atoms with Crippen LogP contribution in [0.25, 0.3) is 11.3 Å². The number of thiazole rings is 1. The molecule has 33 heavy (non-hydrogen) atoms. The highest BCUT2D eigenvalue weighted by atomic mass is 32.1. The molecule has 1 heterocycles. The van der Waals surface area contributed by atoms with E-state index >= 15 is 0 Å². The molecule has 0 saturated carbocycles. The SMILES string of the molecule is Cc1ccc(-c2csc(N(CCOc3ccccc3)Cc3ccc(C(=O)NO)cc3)n2)cc1. The van der Waals surface area contributed by atoms with Gasteiger partial charge in [0.15, 0.2) is 5.13 Å². The van der Waals surface area contributed by atoms with Crippen molar-refractivity contribution in [2.75, 3.05) is 18.1 Å². The monoisotopic (exact) mass is 459 g/mol. The number of benzene rings is 3. The molecular formula is C26H25N3O3S. The molecule has 6 nitrogen and oxygen atoms in total. The number of nitrogens with one attached hydrogen (secondary N) is 1. The molecule has 0 radical (unpaired) electrons. The Hall–Kier alpha value is -3.68. The van der Waals surface area contributed by atoms with Gasteiger partial charge in [-0.05, 0) is 36.8 Å². The smallest absolute Gasteiger partial charge is 0.274 e. The Morgan fingerprint density at radius 1 is 1.03 bits per heavy atom. The van der Waals surface area contributed by atoms with E-state index in [2.05, 4.69) is 41.5 Å². The summed E-state index contributed by atoms with van der Waals surface area (Å²) in [5.74, 6) is 0.300.